The number of rotatable bonds is 46. The van der Waals surface area contributed by atoms with Crippen molar-refractivity contribution in [2.24, 2.45) is 5.92 Å². The topological polar surface area (TPSA) is 26.3 Å². The molecule has 0 fully saturated rings. The zero-order chi connectivity index (χ0) is 37.7. The summed E-state index contributed by atoms with van der Waals surface area (Å²) in [6, 6.07) is 0. The lowest BCUT2D eigenvalue weighted by molar-refractivity contribution is -0.143. The van der Waals surface area contributed by atoms with Crippen LogP contribution in [0, 0.1) is 5.92 Å². The van der Waals surface area contributed by atoms with Crippen LogP contribution in [0.25, 0.3) is 0 Å². The Morgan fingerprint density at radius 2 is 0.558 bits per heavy atom. The van der Waals surface area contributed by atoms with Crippen molar-refractivity contribution >= 4 is 5.97 Å². The van der Waals surface area contributed by atoms with Crippen LogP contribution in [0.3, 0.4) is 0 Å². The lowest BCUT2D eigenvalue weighted by atomic mass is 10.0. The van der Waals surface area contributed by atoms with Crippen LogP contribution in [0.2, 0.25) is 0 Å². The van der Waals surface area contributed by atoms with Crippen molar-refractivity contribution < 1.29 is 9.53 Å². The van der Waals surface area contributed by atoms with Gasteiger partial charge in [0.15, 0.2) is 0 Å². The van der Waals surface area contributed by atoms with E-state index in [0.29, 0.717) is 13.0 Å². The second-order valence-electron chi connectivity index (χ2n) is 17.6. The van der Waals surface area contributed by atoms with Crippen LogP contribution in [-0.2, 0) is 9.53 Å². The molecule has 0 amide bonds. The van der Waals surface area contributed by atoms with Gasteiger partial charge in [-0.25, -0.2) is 0 Å². The number of carbonyl (C=O) groups excluding carboxylic acids is 1. The van der Waals surface area contributed by atoms with Crippen LogP contribution in [-0.4, -0.2) is 12.6 Å². The van der Waals surface area contributed by atoms with E-state index < -0.39 is 0 Å². The maximum Gasteiger partial charge on any atom is 0.305 e. The minimum absolute atomic E-state index is 0.0324. The van der Waals surface area contributed by atoms with Crippen LogP contribution in [0.15, 0.2) is 0 Å². The van der Waals surface area contributed by atoms with Gasteiger partial charge in [-0.2, -0.15) is 0 Å². The molecular weight excluding hydrogens is 633 g/mol. The molecular formula is C50H100O2. The highest BCUT2D eigenvalue weighted by atomic mass is 16.5. The third-order valence-electron chi connectivity index (χ3n) is 11.7. The summed E-state index contributed by atoms with van der Waals surface area (Å²) in [5.74, 6) is 0.905. The minimum atomic E-state index is 0.0324. The number of carbonyl (C=O) groups is 1. The lowest BCUT2D eigenvalue weighted by Gasteiger charge is -2.06. The fraction of sp³-hybridized carbons (Fsp3) is 0.980. The molecule has 0 spiro atoms. The normalized spacial score (nSPS) is 11.6. The number of hydrogen-bond acceptors (Lipinski definition) is 2. The molecule has 2 heteroatoms. The molecule has 0 N–H and O–H groups in total. The summed E-state index contributed by atoms with van der Waals surface area (Å²) >= 11 is 0. The van der Waals surface area contributed by atoms with Gasteiger partial charge in [-0.05, 0) is 18.8 Å². The molecule has 52 heavy (non-hydrogen) atoms. The standard InChI is InChI=1S/C50H100O2/c1-4-5-6-7-8-9-10-11-12-13-14-15-16-17-18-19-20-21-22-23-24-25-26-29-32-35-38-41-44-47-50(51)52-48-45-42-39-36-33-30-27-28-31-34-37-40-43-46-49(2)3/h49H,4-48H2,1-3H3. The molecule has 0 rings (SSSR count). The van der Waals surface area contributed by atoms with Crippen molar-refractivity contribution in [2.45, 2.75) is 303 Å². The van der Waals surface area contributed by atoms with Gasteiger partial charge in [0.1, 0.15) is 0 Å². The van der Waals surface area contributed by atoms with E-state index in [-0.39, 0.29) is 5.97 Å². The predicted molar refractivity (Wildman–Crippen MR) is 235 cm³/mol. The van der Waals surface area contributed by atoms with Gasteiger partial charge in [0, 0.05) is 6.42 Å². The van der Waals surface area contributed by atoms with Crippen LogP contribution >= 0.6 is 0 Å². The van der Waals surface area contributed by atoms with E-state index in [2.05, 4.69) is 20.8 Å². The van der Waals surface area contributed by atoms with Gasteiger partial charge in [0.2, 0.25) is 0 Å². The van der Waals surface area contributed by atoms with Gasteiger partial charge in [-0.15, -0.1) is 0 Å². The molecule has 0 atom stereocenters. The van der Waals surface area contributed by atoms with E-state index in [4.69, 9.17) is 4.74 Å². The lowest BCUT2D eigenvalue weighted by Crippen LogP contribution is -2.05. The largest absolute Gasteiger partial charge is 0.466 e. The van der Waals surface area contributed by atoms with E-state index in [0.717, 1.165) is 18.8 Å². The molecule has 0 heterocycles. The van der Waals surface area contributed by atoms with E-state index in [1.807, 2.05) is 0 Å². The second-order valence-corrected chi connectivity index (χ2v) is 17.6. The maximum absolute atomic E-state index is 12.0. The Balaban J connectivity index is 3.14. The van der Waals surface area contributed by atoms with Gasteiger partial charge in [-0.1, -0.05) is 284 Å². The Labute approximate surface area is 330 Å². The number of hydrogen-bond donors (Lipinski definition) is 0. The molecule has 2 nitrogen and oxygen atoms in total. The number of esters is 1. The number of unbranched alkanes of at least 4 members (excludes halogenated alkanes) is 40. The van der Waals surface area contributed by atoms with E-state index >= 15 is 0 Å². The summed E-state index contributed by atoms with van der Waals surface area (Å²) in [6.07, 6.45) is 61.0. The van der Waals surface area contributed by atoms with Gasteiger partial charge in [0.05, 0.1) is 6.61 Å². The van der Waals surface area contributed by atoms with Crippen molar-refractivity contribution in [1.29, 1.82) is 0 Å². The average Bonchev–Trinajstić information content (AvgIpc) is 3.13. The predicted octanol–water partition coefficient (Wildman–Crippen LogP) is 18.4. The van der Waals surface area contributed by atoms with E-state index in [9.17, 15) is 4.79 Å². The number of ether oxygens (including phenoxy) is 1. The molecule has 0 saturated heterocycles. The molecule has 0 saturated carbocycles. The van der Waals surface area contributed by atoms with E-state index in [1.165, 1.54) is 263 Å². The van der Waals surface area contributed by atoms with Crippen molar-refractivity contribution in [2.75, 3.05) is 6.61 Å². The SMILES string of the molecule is CCCCCCCCCCCCCCCCCCCCCCCCCCCCCCCC(=O)OCCCCCCCCCCCCCCCC(C)C. The average molecular weight is 733 g/mol. The maximum atomic E-state index is 12.0. The fourth-order valence-corrected chi connectivity index (χ4v) is 7.97. The zero-order valence-corrected chi connectivity index (χ0v) is 36.7. The van der Waals surface area contributed by atoms with Crippen molar-refractivity contribution in [1.82, 2.24) is 0 Å². The van der Waals surface area contributed by atoms with Gasteiger partial charge < -0.3 is 4.74 Å². The van der Waals surface area contributed by atoms with Gasteiger partial charge >= 0.3 is 5.97 Å². The quantitative estimate of drug-likeness (QED) is 0.0460. The fourth-order valence-electron chi connectivity index (χ4n) is 7.97. The van der Waals surface area contributed by atoms with E-state index in [1.54, 1.807) is 0 Å². The first kappa shape index (κ1) is 51.5. The monoisotopic (exact) mass is 733 g/mol. The molecule has 0 radical (unpaired) electrons. The van der Waals surface area contributed by atoms with Crippen molar-refractivity contribution in [3.8, 4) is 0 Å². The van der Waals surface area contributed by atoms with Crippen molar-refractivity contribution in [3.05, 3.63) is 0 Å². The Hall–Kier alpha value is -0.530. The summed E-state index contributed by atoms with van der Waals surface area (Å²) < 4.78 is 5.48. The summed E-state index contributed by atoms with van der Waals surface area (Å²) in [5.41, 5.74) is 0. The van der Waals surface area contributed by atoms with Crippen LogP contribution < -0.4 is 0 Å². The van der Waals surface area contributed by atoms with Crippen LogP contribution in [0.5, 0.6) is 0 Å². The summed E-state index contributed by atoms with van der Waals surface area (Å²) in [5, 5.41) is 0. The molecule has 0 aromatic heterocycles. The highest BCUT2D eigenvalue weighted by Crippen LogP contribution is 2.18. The summed E-state index contributed by atoms with van der Waals surface area (Å²) in [7, 11) is 0. The third-order valence-corrected chi connectivity index (χ3v) is 11.7. The molecule has 0 aliphatic heterocycles. The Bertz CT molecular complexity index is 642. The first-order valence-corrected chi connectivity index (χ1v) is 24.8. The second kappa shape index (κ2) is 46.6. The molecule has 0 aliphatic carbocycles. The first-order chi connectivity index (χ1) is 25.7. The highest BCUT2D eigenvalue weighted by molar-refractivity contribution is 5.69. The molecule has 0 unspecified atom stereocenters. The summed E-state index contributed by atoms with van der Waals surface area (Å²) in [6.45, 7) is 7.61. The van der Waals surface area contributed by atoms with Crippen LogP contribution in [0.1, 0.15) is 303 Å². The van der Waals surface area contributed by atoms with Gasteiger partial charge in [0.25, 0.3) is 0 Å². The molecule has 0 aromatic carbocycles. The summed E-state index contributed by atoms with van der Waals surface area (Å²) in [4.78, 5) is 12.0. The Kier molecular flexibility index (Phi) is 46.1. The zero-order valence-electron chi connectivity index (χ0n) is 36.7. The highest BCUT2D eigenvalue weighted by Gasteiger charge is 2.03. The smallest absolute Gasteiger partial charge is 0.305 e. The minimum Gasteiger partial charge on any atom is -0.466 e. The molecule has 0 bridgehead atoms. The Morgan fingerprint density at radius 3 is 0.827 bits per heavy atom. The molecule has 312 valence electrons. The molecule has 0 aliphatic rings. The molecule has 0 aromatic rings. The van der Waals surface area contributed by atoms with Gasteiger partial charge in [-0.3, -0.25) is 4.79 Å². The van der Waals surface area contributed by atoms with Crippen LogP contribution in [0.4, 0.5) is 0 Å². The third kappa shape index (κ3) is 47.5. The first-order valence-electron chi connectivity index (χ1n) is 24.8. The Morgan fingerprint density at radius 1 is 0.327 bits per heavy atom. The van der Waals surface area contributed by atoms with Crippen molar-refractivity contribution in [3.63, 3.8) is 0 Å².